The van der Waals surface area contributed by atoms with Crippen LogP contribution in [0, 0.1) is 23.3 Å². The number of halogens is 7. The third-order valence-corrected chi connectivity index (χ3v) is 1.75. The predicted octanol–water partition coefficient (Wildman–Crippen LogP) is -3.37. The summed E-state index contributed by atoms with van der Waals surface area (Å²) in [6, 6.07) is 0.148. The van der Waals surface area contributed by atoms with Gasteiger partial charge in [0, 0.05) is 6.07 Å². The molecule has 1 aromatic rings. The Morgan fingerprint density at radius 1 is 0.857 bits per heavy atom. The second kappa shape index (κ2) is 8.32. The Morgan fingerprint density at radius 3 is 1.43 bits per heavy atom. The summed E-state index contributed by atoms with van der Waals surface area (Å²) < 4.78 is 48.3. The molecule has 76 valence electrons. The minimum atomic E-state index is -1.43. The van der Waals surface area contributed by atoms with E-state index in [9.17, 15) is 17.6 Å². The fourth-order valence-electron chi connectivity index (χ4n) is 0.544. The van der Waals surface area contributed by atoms with Gasteiger partial charge in [-0.05, 0) is 15.9 Å². The van der Waals surface area contributed by atoms with E-state index in [0.29, 0.717) is 0 Å². The van der Waals surface area contributed by atoms with Gasteiger partial charge in [-0.2, -0.15) is 0 Å². The average molecular weight is 413 g/mol. The molecule has 14 heavy (non-hydrogen) atoms. The minimum absolute atomic E-state index is 0. The molecule has 0 fully saturated rings. The Balaban J connectivity index is -0.000000403. The smallest absolute Gasteiger partial charge is 1.00 e. The van der Waals surface area contributed by atoms with Crippen molar-refractivity contribution in [3.8, 4) is 0 Å². The number of hydrogen-bond acceptors (Lipinski definition) is 0. The third kappa shape index (κ3) is 4.34. The van der Waals surface area contributed by atoms with Crippen LogP contribution in [0.25, 0.3) is 0 Å². The molecule has 0 aliphatic heterocycles. The quantitative estimate of drug-likeness (QED) is 0.181. The zero-order valence-electron chi connectivity index (χ0n) is 6.43. The van der Waals surface area contributed by atoms with Crippen molar-refractivity contribution >= 4 is 39.0 Å². The molecule has 0 aromatic heterocycles. The maximum absolute atomic E-state index is 12.3. The van der Waals surface area contributed by atoms with Gasteiger partial charge in [0.25, 0.3) is 0 Å². The van der Waals surface area contributed by atoms with E-state index in [1.165, 1.54) is 0 Å². The van der Waals surface area contributed by atoms with E-state index >= 15 is 0 Å². The molecule has 0 N–H and O–H groups in total. The first-order chi connectivity index (χ1) is 5.04. The van der Waals surface area contributed by atoms with Gasteiger partial charge < -0.3 is 34.0 Å². The van der Waals surface area contributed by atoms with Crippen LogP contribution in [-0.4, -0.2) is 23.1 Å². The van der Waals surface area contributed by atoms with Crippen molar-refractivity contribution in [2.75, 3.05) is 0 Å². The third-order valence-electron chi connectivity index (χ3n) is 1.06. The maximum atomic E-state index is 12.3. The van der Waals surface area contributed by atoms with E-state index in [4.69, 9.17) is 0 Å². The summed E-state index contributed by atoms with van der Waals surface area (Å²) in [6.07, 6.45) is 0. The van der Waals surface area contributed by atoms with E-state index in [-0.39, 0.29) is 63.1 Å². The fourth-order valence-corrected chi connectivity index (χ4v) is 0.923. The molecular formula is C6HBr3F4Mg. The van der Waals surface area contributed by atoms with E-state index in [0.717, 1.165) is 0 Å². The number of benzene rings is 1. The van der Waals surface area contributed by atoms with Crippen molar-refractivity contribution in [2.45, 2.75) is 0 Å². The van der Waals surface area contributed by atoms with E-state index in [2.05, 4.69) is 15.9 Å². The summed E-state index contributed by atoms with van der Waals surface area (Å²) in [7, 11) is 0. The number of rotatable bonds is 0. The molecule has 0 saturated carbocycles. The van der Waals surface area contributed by atoms with Crippen molar-refractivity contribution in [1.29, 1.82) is 0 Å². The molecule has 0 aliphatic carbocycles. The number of hydrogen-bond donors (Lipinski definition) is 0. The summed E-state index contributed by atoms with van der Waals surface area (Å²) in [5.41, 5.74) is 0. The molecule has 1 rings (SSSR count). The first kappa shape index (κ1) is 20.5. The van der Waals surface area contributed by atoms with Crippen LogP contribution in [0.3, 0.4) is 0 Å². The van der Waals surface area contributed by atoms with Crippen LogP contribution in [0.15, 0.2) is 10.5 Å². The van der Waals surface area contributed by atoms with Crippen LogP contribution in [0.2, 0.25) is 0 Å². The van der Waals surface area contributed by atoms with E-state index < -0.39 is 27.7 Å². The van der Waals surface area contributed by atoms with Gasteiger partial charge in [0.15, 0.2) is 23.3 Å². The largest absolute Gasteiger partial charge is 2.00 e. The Morgan fingerprint density at radius 2 is 1.14 bits per heavy atom. The summed E-state index contributed by atoms with van der Waals surface area (Å²) in [5.74, 6) is -5.70. The minimum Gasteiger partial charge on any atom is -1.00 e. The molecule has 0 aliphatic rings. The first-order valence-corrected chi connectivity index (χ1v) is 3.32. The zero-order chi connectivity index (χ0) is 8.59. The van der Waals surface area contributed by atoms with Gasteiger partial charge in [0.1, 0.15) is 0 Å². The monoisotopic (exact) mass is 410 g/mol. The summed E-state index contributed by atoms with van der Waals surface area (Å²) >= 11 is 2.35. The predicted molar refractivity (Wildman–Crippen MR) is 39.7 cm³/mol. The maximum Gasteiger partial charge on any atom is 2.00 e. The van der Waals surface area contributed by atoms with Crippen LogP contribution >= 0.6 is 15.9 Å². The zero-order valence-corrected chi connectivity index (χ0v) is 12.6. The van der Waals surface area contributed by atoms with Gasteiger partial charge >= 0.3 is 23.1 Å². The van der Waals surface area contributed by atoms with Crippen molar-refractivity contribution < 1.29 is 51.5 Å². The molecule has 0 unspecified atom stereocenters. The Labute approximate surface area is 123 Å². The van der Waals surface area contributed by atoms with Crippen LogP contribution in [0.4, 0.5) is 17.6 Å². The van der Waals surface area contributed by atoms with E-state index in [1.807, 2.05) is 0 Å². The molecule has 0 amide bonds. The molecule has 0 bridgehead atoms. The van der Waals surface area contributed by atoms with Gasteiger partial charge in [0.2, 0.25) is 0 Å². The van der Waals surface area contributed by atoms with Crippen LogP contribution in [-0.2, 0) is 0 Å². The van der Waals surface area contributed by atoms with E-state index in [1.54, 1.807) is 0 Å². The summed E-state index contributed by atoms with van der Waals surface area (Å²) in [5, 5.41) is 0. The second-order valence-corrected chi connectivity index (χ2v) is 2.58. The summed E-state index contributed by atoms with van der Waals surface area (Å²) in [6.45, 7) is 0. The van der Waals surface area contributed by atoms with Crippen molar-refractivity contribution in [1.82, 2.24) is 0 Å². The Kier molecular flexibility index (Phi) is 12.2. The molecule has 0 saturated heterocycles. The topological polar surface area (TPSA) is 0 Å². The average Bonchev–Trinajstić information content (AvgIpc) is 1.97. The second-order valence-electron chi connectivity index (χ2n) is 1.78. The molecule has 0 atom stereocenters. The molecule has 1 aromatic carbocycles. The van der Waals surface area contributed by atoms with Gasteiger partial charge in [-0.1, -0.05) is 0 Å². The molecule has 0 radical (unpaired) electrons. The van der Waals surface area contributed by atoms with Gasteiger partial charge in [-0.25, -0.2) is 17.6 Å². The SMILES string of the molecule is Fc1cc(F)c(F)c(Br)c1F.[Br-].[Br-].[Mg+2]. The molecule has 8 heteroatoms. The van der Waals surface area contributed by atoms with Gasteiger partial charge in [0.05, 0.1) is 4.47 Å². The standard InChI is InChI=1S/C6HBrF4.2BrH.Mg/c7-4-5(10)2(8)1-3(9)6(4)11;;;/h1H;2*1H;/q;;;+2/p-2. The molecule has 0 spiro atoms. The molecule has 0 heterocycles. The van der Waals surface area contributed by atoms with Crippen molar-refractivity contribution in [2.24, 2.45) is 0 Å². The van der Waals surface area contributed by atoms with Gasteiger partial charge in [-0.3, -0.25) is 0 Å². The van der Waals surface area contributed by atoms with Gasteiger partial charge in [-0.15, -0.1) is 0 Å². The van der Waals surface area contributed by atoms with Crippen LogP contribution in [0.1, 0.15) is 0 Å². The van der Waals surface area contributed by atoms with Crippen molar-refractivity contribution in [3.05, 3.63) is 33.8 Å². The first-order valence-electron chi connectivity index (χ1n) is 2.52. The Bertz CT molecular complexity index is 281. The Hall–Kier alpha value is 1.15. The van der Waals surface area contributed by atoms with Crippen LogP contribution in [0.5, 0.6) is 0 Å². The molecular weight excluding hydrogens is 412 g/mol. The molecule has 0 nitrogen and oxygen atoms in total. The van der Waals surface area contributed by atoms with Crippen molar-refractivity contribution in [3.63, 3.8) is 0 Å². The fraction of sp³-hybridized carbons (Fsp3) is 0. The summed E-state index contributed by atoms with van der Waals surface area (Å²) in [4.78, 5) is 0. The van der Waals surface area contributed by atoms with Crippen LogP contribution < -0.4 is 34.0 Å². The normalized spacial score (nSPS) is 8.07.